The zero-order chi connectivity index (χ0) is 14.6. The van der Waals surface area contributed by atoms with Gasteiger partial charge in [0, 0.05) is 19.3 Å². The first-order valence-electron chi connectivity index (χ1n) is 7.64. The van der Waals surface area contributed by atoms with Crippen molar-refractivity contribution in [2.45, 2.75) is 45.4 Å². The normalized spacial score (nSPS) is 18.4. The summed E-state index contributed by atoms with van der Waals surface area (Å²) in [5.74, 6) is 0.186. The minimum Gasteiger partial charge on any atom is -0.329 e. The number of carbonyl (C=O) groups excluding carboxylic acids is 1. The Labute approximate surface area is 122 Å². The largest absolute Gasteiger partial charge is 0.329 e. The predicted octanol–water partition coefficient (Wildman–Crippen LogP) is 3.26. The fourth-order valence-electron chi connectivity index (χ4n) is 3.15. The highest BCUT2D eigenvalue weighted by Crippen LogP contribution is 2.36. The van der Waals surface area contributed by atoms with Crippen LogP contribution in [0.4, 0.5) is 5.69 Å². The van der Waals surface area contributed by atoms with Crippen LogP contribution < -0.4 is 10.6 Å². The molecule has 0 heterocycles. The van der Waals surface area contributed by atoms with Crippen molar-refractivity contribution in [1.82, 2.24) is 0 Å². The zero-order valence-corrected chi connectivity index (χ0v) is 12.7. The Morgan fingerprint density at radius 2 is 1.70 bits per heavy atom. The van der Waals surface area contributed by atoms with Crippen LogP contribution in [0.2, 0.25) is 0 Å². The summed E-state index contributed by atoms with van der Waals surface area (Å²) in [5, 5.41) is 0. The molecule has 0 radical (unpaired) electrons. The summed E-state index contributed by atoms with van der Waals surface area (Å²) in [6.07, 6.45) is 6.54. The third-order valence-electron chi connectivity index (χ3n) is 4.63. The lowest BCUT2D eigenvalue weighted by molar-refractivity contribution is -0.128. The Morgan fingerprint density at radius 3 is 2.20 bits per heavy atom. The van der Waals surface area contributed by atoms with Gasteiger partial charge >= 0.3 is 0 Å². The molecule has 1 aliphatic carbocycles. The molecule has 3 heteroatoms. The van der Waals surface area contributed by atoms with E-state index in [9.17, 15) is 4.79 Å². The van der Waals surface area contributed by atoms with E-state index in [0.717, 1.165) is 31.4 Å². The van der Waals surface area contributed by atoms with E-state index in [4.69, 9.17) is 5.73 Å². The number of carbonyl (C=O) groups is 1. The average Bonchev–Trinajstić information content (AvgIpc) is 2.73. The number of anilines is 1. The molecule has 2 rings (SSSR count). The third kappa shape index (κ3) is 3.04. The van der Waals surface area contributed by atoms with Crippen LogP contribution in [0, 0.1) is 12.3 Å². The van der Waals surface area contributed by atoms with Gasteiger partial charge in [-0.05, 0) is 31.9 Å². The van der Waals surface area contributed by atoms with Crippen LogP contribution in [0.5, 0.6) is 0 Å². The number of rotatable bonds is 3. The topological polar surface area (TPSA) is 46.3 Å². The Bertz CT molecular complexity index is 445. The second-order valence-electron chi connectivity index (χ2n) is 6.10. The number of aryl methyl sites for hydroxylation is 1. The molecule has 1 aromatic carbocycles. The van der Waals surface area contributed by atoms with Crippen molar-refractivity contribution in [3.05, 3.63) is 29.8 Å². The highest BCUT2D eigenvalue weighted by Gasteiger charge is 2.39. The van der Waals surface area contributed by atoms with Crippen LogP contribution >= 0.6 is 0 Å². The number of amides is 1. The predicted molar refractivity (Wildman–Crippen MR) is 83.8 cm³/mol. The van der Waals surface area contributed by atoms with E-state index in [1.165, 1.54) is 18.4 Å². The maximum absolute atomic E-state index is 12.9. The van der Waals surface area contributed by atoms with Crippen LogP contribution in [0.25, 0.3) is 0 Å². The fraction of sp³-hybridized carbons (Fsp3) is 0.588. The molecule has 110 valence electrons. The number of nitrogens with zero attached hydrogens (tertiary/aromatic N) is 1. The van der Waals surface area contributed by atoms with Crippen LogP contribution in [-0.4, -0.2) is 19.5 Å². The molecule has 1 amide bonds. The standard InChI is InChI=1S/C17H26N2O/c1-14-7-9-15(10-8-14)19(2)16(20)17(13-18)11-5-3-4-6-12-17/h7-10H,3-6,11-13,18H2,1-2H3. The highest BCUT2D eigenvalue weighted by atomic mass is 16.2. The van der Waals surface area contributed by atoms with Gasteiger partial charge in [0.15, 0.2) is 0 Å². The van der Waals surface area contributed by atoms with Gasteiger partial charge in [-0.2, -0.15) is 0 Å². The molecule has 0 aliphatic heterocycles. The Balaban J connectivity index is 2.20. The first kappa shape index (κ1) is 15.0. The molecule has 2 N–H and O–H groups in total. The Morgan fingerprint density at radius 1 is 1.15 bits per heavy atom. The van der Waals surface area contributed by atoms with E-state index >= 15 is 0 Å². The summed E-state index contributed by atoms with van der Waals surface area (Å²) < 4.78 is 0. The lowest BCUT2D eigenvalue weighted by Gasteiger charge is -2.34. The zero-order valence-electron chi connectivity index (χ0n) is 12.7. The fourth-order valence-corrected chi connectivity index (χ4v) is 3.15. The Hall–Kier alpha value is -1.35. The van der Waals surface area contributed by atoms with Crippen molar-refractivity contribution < 1.29 is 4.79 Å². The van der Waals surface area contributed by atoms with E-state index in [1.54, 1.807) is 4.90 Å². The first-order valence-corrected chi connectivity index (χ1v) is 7.64. The molecule has 0 aromatic heterocycles. The van der Waals surface area contributed by atoms with Gasteiger partial charge in [-0.3, -0.25) is 4.79 Å². The van der Waals surface area contributed by atoms with Crippen LogP contribution in [-0.2, 0) is 4.79 Å². The molecule has 0 atom stereocenters. The quantitative estimate of drug-likeness (QED) is 0.860. The van der Waals surface area contributed by atoms with Crippen LogP contribution in [0.1, 0.15) is 44.1 Å². The molecule has 0 unspecified atom stereocenters. The van der Waals surface area contributed by atoms with Gasteiger partial charge in [-0.25, -0.2) is 0 Å². The summed E-state index contributed by atoms with van der Waals surface area (Å²) in [5.41, 5.74) is 7.81. The molecule has 1 fully saturated rings. The number of hydrogen-bond acceptors (Lipinski definition) is 2. The molecule has 1 aromatic rings. The molecule has 0 saturated heterocycles. The molecular weight excluding hydrogens is 248 g/mol. The minimum absolute atomic E-state index is 0.186. The molecule has 1 saturated carbocycles. The summed E-state index contributed by atoms with van der Waals surface area (Å²) >= 11 is 0. The van der Waals surface area contributed by atoms with E-state index in [1.807, 2.05) is 31.3 Å². The van der Waals surface area contributed by atoms with Crippen molar-refractivity contribution in [3.8, 4) is 0 Å². The average molecular weight is 274 g/mol. The molecule has 3 nitrogen and oxygen atoms in total. The number of hydrogen-bond donors (Lipinski definition) is 1. The third-order valence-corrected chi connectivity index (χ3v) is 4.63. The van der Waals surface area contributed by atoms with Crippen molar-refractivity contribution in [1.29, 1.82) is 0 Å². The highest BCUT2D eigenvalue weighted by molar-refractivity contribution is 5.97. The Kier molecular flexibility index (Phi) is 4.81. The van der Waals surface area contributed by atoms with Crippen molar-refractivity contribution >= 4 is 11.6 Å². The smallest absolute Gasteiger partial charge is 0.234 e. The monoisotopic (exact) mass is 274 g/mol. The minimum atomic E-state index is -0.351. The molecular formula is C17H26N2O. The lowest BCUT2D eigenvalue weighted by Crippen LogP contribution is -2.46. The molecule has 0 spiro atoms. The van der Waals surface area contributed by atoms with Gasteiger partial charge in [0.05, 0.1) is 5.41 Å². The summed E-state index contributed by atoms with van der Waals surface area (Å²) in [6, 6.07) is 8.10. The number of nitrogens with two attached hydrogens (primary N) is 1. The summed E-state index contributed by atoms with van der Waals surface area (Å²) in [6.45, 7) is 2.51. The van der Waals surface area contributed by atoms with Crippen LogP contribution in [0.3, 0.4) is 0 Å². The van der Waals surface area contributed by atoms with Crippen LogP contribution in [0.15, 0.2) is 24.3 Å². The summed E-state index contributed by atoms with van der Waals surface area (Å²) in [7, 11) is 1.87. The van der Waals surface area contributed by atoms with Gasteiger partial charge in [0.1, 0.15) is 0 Å². The second kappa shape index (κ2) is 6.40. The molecule has 20 heavy (non-hydrogen) atoms. The van der Waals surface area contributed by atoms with Gasteiger partial charge in [-0.1, -0.05) is 43.4 Å². The SMILES string of the molecule is Cc1ccc(N(C)C(=O)C2(CN)CCCCCC2)cc1. The van der Waals surface area contributed by atoms with Crippen molar-refractivity contribution in [2.75, 3.05) is 18.5 Å². The molecule has 1 aliphatic rings. The van der Waals surface area contributed by atoms with Gasteiger partial charge in [-0.15, -0.1) is 0 Å². The van der Waals surface area contributed by atoms with Gasteiger partial charge in [0.2, 0.25) is 5.91 Å². The van der Waals surface area contributed by atoms with Gasteiger partial charge in [0.25, 0.3) is 0 Å². The van der Waals surface area contributed by atoms with E-state index in [-0.39, 0.29) is 11.3 Å². The first-order chi connectivity index (χ1) is 9.59. The maximum atomic E-state index is 12.9. The van der Waals surface area contributed by atoms with Crippen molar-refractivity contribution in [3.63, 3.8) is 0 Å². The van der Waals surface area contributed by atoms with E-state index in [0.29, 0.717) is 6.54 Å². The van der Waals surface area contributed by atoms with E-state index in [2.05, 4.69) is 6.92 Å². The van der Waals surface area contributed by atoms with Gasteiger partial charge < -0.3 is 10.6 Å². The van der Waals surface area contributed by atoms with Crippen molar-refractivity contribution in [2.24, 2.45) is 11.1 Å². The molecule has 0 bridgehead atoms. The lowest BCUT2D eigenvalue weighted by atomic mass is 9.79. The van der Waals surface area contributed by atoms with E-state index < -0.39 is 0 Å². The second-order valence-corrected chi connectivity index (χ2v) is 6.10. The summed E-state index contributed by atoms with van der Waals surface area (Å²) in [4.78, 5) is 14.7. The number of benzene rings is 1. The maximum Gasteiger partial charge on any atom is 0.234 e.